The molecule has 4 rings (SSSR count). The molecule has 5 nitrogen and oxygen atoms in total. The lowest BCUT2D eigenvalue weighted by atomic mass is 9.95. The first kappa shape index (κ1) is 19.4. The Morgan fingerprint density at radius 3 is 2.46 bits per heavy atom. The lowest BCUT2D eigenvalue weighted by molar-refractivity contribution is 0.0698. The van der Waals surface area contributed by atoms with Crippen LogP contribution in [-0.2, 0) is 22.9 Å². The number of nitrogens with zero attached hydrogens (tertiary/aromatic N) is 2. The largest absolute Gasteiger partial charge is 0.336 e. The molecule has 0 unspecified atom stereocenters. The van der Waals surface area contributed by atoms with E-state index in [0.717, 1.165) is 30.4 Å². The summed E-state index contributed by atoms with van der Waals surface area (Å²) in [5.74, 6) is 0.0521. The lowest BCUT2D eigenvalue weighted by Crippen LogP contribution is -2.50. The number of rotatable bonds is 4. The summed E-state index contributed by atoms with van der Waals surface area (Å²) in [6.07, 6.45) is 6.02. The Morgan fingerprint density at radius 1 is 1.00 bits per heavy atom. The van der Waals surface area contributed by atoms with E-state index in [1.54, 1.807) is 22.3 Å². The number of hydrogen-bond acceptors (Lipinski definition) is 4. The third-order valence-corrected chi connectivity index (χ3v) is 8.06. The molecule has 28 heavy (non-hydrogen) atoms. The van der Waals surface area contributed by atoms with E-state index in [4.69, 9.17) is 0 Å². The summed E-state index contributed by atoms with van der Waals surface area (Å²) in [6.45, 7) is 1.53. The molecule has 1 saturated heterocycles. The van der Waals surface area contributed by atoms with Crippen molar-refractivity contribution in [1.82, 2.24) is 9.21 Å². The number of sulfonamides is 1. The minimum absolute atomic E-state index is 0.0521. The van der Waals surface area contributed by atoms with Gasteiger partial charge in [0.15, 0.2) is 0 Å². The minimum atomic E-state index is -3.48. The average Bonchev–Trinajstić information content (AvgIpc) is 3.17. The first-order valence-electron chi connectivity index (χ1n) is 9.66. The molecule has 0 spiro atoms. The van der Waals surface area contributed by atoms with Crippen molar-refractivity contribution in [3.8, 4) is 0 Å². The van der Waals surface area contributed by atoms with Crippen LogP contribution in [-0.4, -0.2) is 49.7 Å². The maximum Gasteiger partial charge on any atom is 0.255 e. The maximum absolute atomic E-state index is 13.0. The molecule has 1 aromatic carbocycles. The van der Waals surface area contributed by atoms with Gasteiger partial charge < -0.3 is 4.90 Å². The minimum Gasteiger partial charge on any atom is -0.336 e. The highest BCUT2D eigenvalue weighted by Crippen LogP contribution is 2.31. The van der Waals surface area contributed by atoms with Gasteiger partial charge in [-0.15, -0.1) is 11.3 Å². The van der Waals surface area contributed by atoms with Gasteiger partial charge in [-0.1, -0.05) is 30.3 Å². The highest BCUT2D eigenvalue weighted by Gasteiger charge is 2.30. The van der Waals surface area contributed by atoms with E-state index < -0.39 is 10.0 Å². The second-order valence-electron chi connectivity index (χ2n) is 7.21. The Kier molecular flexibility index (Phi) is 5.66. The first-order valence-corrected chi connectivity index (χ1v) is 12.0. The molecule has 7 heteroatoms. The molecule has 0 atom stereocenters. The fourth-order valence-corrected chi connectivity index (χ4v) is 6.10. The zero-order valence-electron chi connectivity index (χ0n) is 15.7. The Bertz CT molecular complexity index is 972. The van der Waals surface area contributed by atoms with Crippen LogP contribution in [0.2, 0.25) is 0 Å². The van der Waals surface area contributed by atoms with E-state index >= 15 is 0 Å². The molecular weight excluding hydrogens is 392 g/mol. The highest BCUT2D eigenvalue weighted by molar-refractivity contribution is 7.92. The summed E-state index contributed by atoms with van der Waals surface area (Å²) >= 11 is 1.69. The average molecular weight is 417 g/mol. The number of carbonyl (C=O) groups is 1. The SMILES string of the molecule is O=C(c1csc2c1CCCC2)N1CCN(S(=O)(=O)/C=C/c2ccccc2)CC1. The van der Waals surface area contributed by atoms with E-state index in [2.05, 4.69) is 0 Å². The van der Waals surface area contributed by atoms with Crippen LogP contribution < -0.4 is 0 Å². The molecule has 0 N–H and O–H groups in total. The van der Waals surface area contributed by atoms with Crippen molar-refractivity contribution in [2.45, 2.75) is 25.7 Å². The Hall–Kier alpha value is -1.96. The molecule has 0 radical (unpaired) electrons. The number of fused-ring (bicyclic) bond motifs is 1. The van der Waals surface area contributed by atoms with Crippen molar-refractivity contribution in [2.75, 3.05) is 26.2 Å². The topological polar surface area (TPSA) is 57.7 Å². The van der Waals surface area contributed by atoms with Gasteiger partial charge in [0.25, 0.3) is 5.91 Å². The molecule has 1 amide bonds. The fourth-order valence-electron chi connectivity index (χ4n) is 3.80. The van der Waals surface area contributed by atoms with E-state index in [1.165, 1.54) is 26.6 Å². The molecule has 1 fully saturated rings. The van der Waals surface area contributed by atoms with Crippen LogP contribution in [0.15, 0.2) is 41.1 Å². The van der Waals surface area contributed by atoms with Crippen molar-refractivity contribution in [3.63, 3.8) is 0 Å². The molecule has 2 aromatic rings. The second kappa shape index (κ2) is 8.19. The van der Waals surface area contributed by atoms with Crippen LogP contribution >= 0.6 is 11.3 Å². The Morgan fingerprint density at radius 2 is 1.71 bits per heavy atom. The summed E-state index contributed by atoms with van der Waals surface area (Å²) in [5.41, 5.74) is 2.91. The smallest absolute Gasteiger partial charge is 0.255 e. The zero-order valence-corrected chi connectivity index (χ0v) is 17.3. The normalized spacial score (nSPS) is 18.4. The van der Waals surface area contributed by atoms with E-state index in [9.17, 15) is 13.2 Å². The molecular formula is C21H24N2O3S2. The van der Waals surface area contributed by atoms with Gasteiger partial charge in [0.1, 0.15) is 0 Å². The molecule has 0 bridgehead atoms. The number of amides is 1. The number of aryl methyl sites for hydroxylation is 1. The van der Waals surface area contributed by atoms with Crippen molar-refractivity contribution in [1.29, 1.82) is 0 Å². The third-order valence-electron chi connectivity index (χ3n) is 5.41. The van der Waals surface area contributed by atoms with Crippen LogP contribution in [0.4, 0.5) is 0 Å². The summed E-state index contributed by atoms with van der Waals surface area (Å²) in [5, 5.41) is 3.25. The van der Waals surface area contributed by atoms with Crippen molar-refractivity contribution in [2.24, 2.45) is 0 Å². The standard InChI is InChI=1S/C21H24N2O3S2/c24-21(19-16-27-20-9-5-4-8-18(19)20)22-11-13-23(14-12-22)28(25,26)15-10-17-6-2-1-3-7-17/h1-3,6-7,10,15-16H,4-5,8-9,11-14H2/b15-10+. The summed E-state index contributed by atoms with van der Waals surface area (Å²) in [7, 11) is -3.48. The van der Waals surface area contributed by atoms with E-state index in [-0.39, 0.29) is 5.91 Å². The van der Waals surface area contributed by atoms with Gasteiger partial charge in [-0.25, -0.2) is 8.42 Å². The van der Waals surface area contributed by atoms with E-state index in [0.29, 0.717) is 26.2 Å². The van der Waals surface area contributed by atoms with Crippen LogP contribution in [0, 0.1) is 0 Å². The molecule has 1 aliphatic carbocycles. The van der Waals surface area contributed by atoms with Crippen molar-refractivity contribution >= 4 is 33.3 Å². The predicted molar refractivity (Wildman–Crippen MR) is 113 cm³/mol. The maximum atomic E-state index is 13.0. The van der Waals surface area contributed by atoms with Crippen LogP contribution in [0.1, 0.15) is 39.2 Å². The van der Waals surface area contributed by atoms with Gasteiger partial charge in [0.05, 0.1) is 5.56 Å². The molecule has 0 saturated carbocycles. The van der Waals surface area contributed by atoms with Gasteiger partial charge >= 0.3 is 0 Å². The van der Waals surface area contributed by atoms with Crippen LogP contribution in [0.3, 0.4) is 0 Å². The Labute approximate surface area is 170 Å². The number of piperazine rings is 1. The monoisotopic (exact) mass is 416 g/mol. The third kappa shape index (κ3) is 4.06. The number of benzene rings is 1. The van der Waals surface area contributed by atoms with Gasteiger partial charge in [-0.2, -0.15) is 4.31 Å². The second-order valence-corrected chi connectivity index (χ2v) is 9.99. The lowest BCUT2D eigenvalue weighted by Gasteiger charge is -2.33. The van der Waals surface area contributed by atoms with Crippen LogP contribution in [0.25, 0.3) is 6.08 Å². The highest BCUT2D eigenvalue weighted by atomic mass is 32.2. The predicted octanol–water partition coefficient (Wildman–Crippen LogP) is 3.39. The molecule has 1 aliphatic heterocycles. The van der Waals surface area contributed by atoms with Gasteiger partial charge in [0.2, 0.25) is 10.0 Å². The Balaban J connectivity index is 1.39. The zero-order chi connectivity index (χ0) is 19.6. The summed E-state index contributed by atoms with van der Waals surface area (Å²) in [4.78, 5) is 16.1. The van der Waals surface area contributed by atoms with Crippen LogP contribution in [0.5, 0.6) is 0 Å². The van der Waals surface area contributed by atoms with Gasteiger partial charge in [-0.05, 0) is 42.9 Å². The van der Waals surface area contributed by atoms with E-state index in [1.807, 2.05) is 35.7 Å². The van der Waals surface area contributed by atoms with Crippen molar-refractivity contribution in [3.05, 3.63) is 62.7 Å². The fraction of sp³-hybridized carbons (Fsp3) is 0.381. The summed E-state index contributed by atoms with van der Waals surface area (Å²) < 4.78 is 26.6. The van der Waals surface area contributed by atoms with Gasteiger partial charge in [0, 0.05) is 41.8 Å². The molecule has 148 valence electrons. The van der Waals surface area contributed by atoms with Gasteiger partial charge in [-0.3, -0.25) is 4.79 Å². The quantitative estimate of drug-likeness (QED) is 0.768. The number of thiophene rings is 1. The number of carbonyl (C=O) groups excluding carboxylic acids is 1. The first-order chi connectivity index (χ1) is 13.5. The van der Waals surface area contributed by atoms with Crippen molar-refractivity contribution < 1.29 is 13.2 Å². The number of hydrogen-bond donors (Lipinski definition) is 0. The molecule has 2 aliphatic rings. The summed E-state index contributed by atoms with van der Waals surface area (Å²) in [6, 6.07) is 9.38. The molecule has 2 heterocycles. The molecule has 1 aromatic heterocycles.